The van der Waals surface area contributed by atoms with E-state index in [1.807, 2.05) is 60.7 Å². The van der Waals surface area contributed by atoms with Crippen LogP contribution in [0.5, 0.6) is 0 Å². The molecule has 0 fully saturated rings. The first-order valence-electron chi connectivity index (χ1n) is 25.2. The first kappa shape index (κ1) is 42.5. The molecule has 0 atom stereocenters. The number of para-hydroxylation sites is 1. The average Bonchev–Trinajstić information content (AvgIpc) is 4.19. The van der Waals surface area contributed by atoms with Crippen LogP contribution in [0.2, 0.25) is 0 Å². The van der Waals surface area contributed by atoms with Gasteiger partial charge in [0.25, 0.3) is 0 Å². The van der Waals surface area contributed by atoms with Crippen LogP contribution >= 0.6 is 0 Å². The number of furan rings is 2. The van der Waals surface area contributed by atoms with Crippen LogP contribution in [0.4, 0.5) is 0 Å². The molecule has 0 saturated carbocycles. The van der Waals surface area contributed by atoms with Crippen molar-refractivity contribution in [3.63, 3.8) is 0 Å². The number of aromatic nitrogens is 4. The zero-order chi connectivity index (χ0) is 49.4. The third kappa shape index (κ3) is 7.22. The highest BCUT2D eigenvalue weighted by Gasteiger charge is 2.21. The van der Waals surface area contributed by atoms with Gasteiger partial charge >= 0.3 is 0 Å². The number of hydrogen-bond donors (Lipinski definition) is 0. The van der Waals surface area contributed by atoms with E-state index >= 15 is 0 Å². The summed E-state index contributed by atoms with van der Waals surface area (Å²) >= 11 is 0. The highest BCUT2D eigenvalue weighted by molar-refractivity contribution is 6.16. The Labute approximate surface area is 431 Å². The maximum Gasteiger partial charge on any atom is 0.164 e. The molecule has 0 unspecified atom stereocenters. The summed E-state index contributed by atoms with van der Waals surface area (Å²) in [6, 6.07) is 89.4. The van der Waals surface area contributed by atoms with Crippen LogP contribution in [0.15, 0.2) is 264 Å². The van der Waals surface area contributed by atoms with E-state index in [-0.39, 0.29) is 0 Å². The minimum atomic E-state index is 0.609. The monoisotopic (exact) mass is 958 g/mol. The van der Waals surface area contributed by atoms with Crippen molar-refractivity contribution < 1.29 is 8.83 Å². The number of rotatable bonds is 8. The van der Waals surface area contributed by atoms with Gasteiger partial charge in [-0.15, -0.1) is 0 Å². The fourth-order valence-corrected chi connectivity index (χ4v) is 11.1. The van der Waals surface area contributed by atoms with E-state index in [4.69, 9.17) is 23.8 Å². The minimum absolute atomic E-state index is 0.609. The van der Waals surface area contributed by atoms with Crippen molar-refractivity contribution in [3.05, 3.63) is 255 Å². The molecule has 11 aromatic carbocycles. The number of fused-ring (bicyclic) bond motifs is 9. The Balaban J connectivity index is 0.812. The minimum Gasteiger partial charge on any atom is -0.456 e. The zero-order valence-corrected chi connectivity index (χ0v) is 40.4. The third-order valence-corrected chi connectivity index (χ3v) is 14.6. The van der Waals surface area contributed by atoms with Crippen LogP contribution in [0.25, 0.3) is 150 Å². The van der Waals surface area contributed by atoms with Gasteiger partial charge in [-0.1, -0.05) is 182 Å². The standard InChI is InChI=1S/C69H42N4O2/c1-4-16-43(17-5-1)48-32-35-59-55(40-48)54-26-10-11-28-58(54)73(59)60-29-15-31-64-66(60)57-42-50(34-37-62(57)75-64)47-23-12-22-46(38-47)49-33-36-61-56(41-49)65-53(27-14-30-63(65)74-61)51-24-13-25-52(39-51)69-71-67(44-18-6-2-7-19-44)70-68(72-69)45-20-8-3-9-21-45/h1-42H. The quantitative estimate of drug-likeness (QED) is 0.152. The van der Waals surface area contributed by atoms with Crippen molar-refractivity contribution >= 4 is 65.7 Å². The van der Waals surface area contributed by atoms with Crippen molar-refractivity contribution in [1.29, 1.82) is 0 Å². The number of benzene rings is 11. The Kier molecular flexibility index (Phi) is 9.78. The second kappa shape index (κ2) is 17.3. The van der Waals surface area contributed by atoms with Crippen LogP contribution < -0.4 is 0 Å². The molecule has 0 spiro atoms. The summed E-state index contributed by atoms with van der Waals surface area (Å²) in [5.74, 6) is 1.86. The molecule has 0 aliphatic rings. The zero-order valence-electron chi connectivity index (χ0n) is 40.4. The topological polar surface area (TPSA) is 69.9 Å². The van der Waals surface area contributed by atoms with Gasteiger partial charge in [-0.3, -0.25) is 0 Å². The summed E-state index contributed by atoms with van der Waals surface area (Å²) in [7, 11) is 0. The molecule has 0 saturated heterocycles. The van der Waals surface area contributed by atoms with Gasteiger partial charge in [-0.05, 0) is 117 Å². The van der Waals surface area contributed by atoms with Gasteiger partial charge in [-0.2, -0.15) is 0 Å². The van der Waals surface area contributed by atoms with Gasteiger partial charge in [0.15, 0.2) is 17.5 Å². The molecule has 4 heterocycles. The highest BCUT2D eigenvalue weighted by atomic mass is 16.3. The summed E-state index contributed by atoms with van der Waals surface area (Å²) < 4.78 is 15.6. The highest BCUT2D eigenvalue weighted by Crippen LogP contribution is 2.43. The molecule has 0 N–H and O–H groups in total. The lowest BCUT2D eigenvalue weighted by Crippen LogP contribution is -2.00. The van der Waals surface area contributed by atoms with Gasteiger partial charge < -0.3 is 13.4 Å². The van der Waals surface area contributed by atoms with E-state index in [0.717, 1.165) is 111 Å². The molecular formula is C69H42N4O2. The lowest BCUT2D eigenvalue weighted by Gasteiger charge is -2.11. The Hall–Kier alpha value is -10.2. The Morgan fingerprint density at radius 1 is 0.253 bits per heavy atom. The molecule has 6 nitrogen and oxygen atoms in total. The lowest BCUT2D eigenvalue weighted by molar-refractivity contribution is 0.668. The largest absolute Gasteiger partial charge is 0.456 e. The van der Waals surface area contributed by atoms with Gasteiger partial charge in [0.1, 0.15) is 22.3 Å². The van der Waals surface area contributed by atoms with Crippen LogP contribution in [0.1, 0.15) is 0 Å². The molecule has 6 heteroatoms. The lowest BCUT2D eigenvalue weighted by atomic mass is 9.95. The van der Waals surface area contributed by atoms with Gasteiger partial charge in [0.2, 0.25) is 0 Å². The molecular weight excluding hydrogens is 917 g/mol. The Bertz CT molecular complexity index is 4650. The second-order valence-corrected chi connectivity index (χ2v) is 19.1. The molecule has 0 aliphatic heterocycles. The van der Waals surface area contributed by atoms with Crippen molar-refractivity contribution in [1.82, 2.24) is 19.5 Å². The number of hydrogen-bond acceptors (Lipinski definition) is 5. The van der Waals surface area contributed by atoms with Gasteiger partial charge in [0.05, 0.1) is 22.1 Å². The van der Waals surface area contributed by atoms with Crippen LogP contribution in [0.3, 0.4) is 0 Å². The first-order valence-corrected chi connectivity index (χ1v) is 25.2. The molecule has 0 amide bonds. The summed E-state index contributed by atoms with van der Waals surface area (Å²) in [6.07, 6.45) is 0. The predicted octanol–water partition coefficient (Wildman–Crippen LogP) is 18.4. The number of nitrogens with zero attached hydrogens (tertiary/aromatic N) is 4. The van der Waals surface area contributed by atoms with Crippen LogP contribution in [-0.4, -0.2) is 19.5 Å². The van der Waals surface area contributed by atoms with E-state index in [0.29, 0.717) is 17.5 Å². The van der Waals surface area contributed by atoms with E-state index in [1.165, 1.54) is 21.9 Å². The summed E-state index contributed by atoms with van der Waals surface area (Å²) in [6.45, 7) is 0. The van der Waals surface area contributed by atoms with Gasteiger partial charge in [0, 0.05) is 43.6 Å². The van der Waals surface area contributed by atoms with Crippen molar-refractivity contribution in [3.8, 4) is 84.4 Å². The molecule has 4 aromatic heterocycles. The molecule has 0 radical (unpaired) electrons. The molecule has 0 bridgehead atoms. The van der Waals surface area contributed by atoms with Crippen molar-refractivity contribution in [2.75, 3.05) is 0 Å². The summed E-state index contributed by atoms with van der Waals surface area (Å²) in [4.78, 5) is 15.0. The maximum atomic E-state index is 6.63. The molecule has 75 heavy (non-hydrogen) atoms. The summed E-state index contributed by atoms with van der Waals surface area (Å²) in [5, 5.41) is 6.69. The average molecular weight is 959 g/mol. The van der Waals surface area contributed by atoms with Gasteiger partial charge in [-0.25, -0.2) is 15.0 Å². The fraction of sp³-hybridized carbons (Fsp3) is 0. The van der Waals surface area contributed by atoms with Crippen molar-refractivity contribution in [2.24, 2.45) is 0 Å². The fourth-order valence-electron chi connectivity index (χ4n) is 11.1. The Morgan fingerprint density at radius 2 is 0.693 bits per heavy atom. The van der Waals surface area contributed by atoms with E-state index in [1.54, 1.807) is 0 Å². The van der Waals surface area contributed by atoms with E-state index in [2.05, 4.69) is 199 Å². The first-order chi connectivity index (χ1) is 37.1. The molecule has 0 aliphatic carbocycles. The second-order valence-electron chi connectivity index (χ2n) is 19.1. The smallest absolute Gasteiger partial charge is 0.164 e. The summed E-state index contributed by atoms with van der Waals surface area (Å²) in [5.41, 5.74) is 18.5. The SMILES string of the molecule is c1ccc(-c2ccc3c(c2)c2ccccc2n3-c2cccc3oc4ccc(-c5cccc(-c6ccc7oc8cccc(-c9cccc(-c%10nc(-c%11ccccc%11)nc(-c%11ccccc%11)n%10)c9)c8c7c6)c5)cc4c23)cc1. The van der Waals surface area contributed by atoms with E-state index in [9.17, 15) is 0 Å². The van der Waals surface area contributed by atoms with Crippen molar-refractivity contribution in [2.45, 2.75) is 0 Å². The van der Waals surface area contributed by atoms with Crippen LogP contribution in [0, 0.1) is 0 Å². The normalized spacial score (nSPS) is 11.7. The third-order valence-electron chi connectivity index (χ3n) is 14.6. The maximum absolute atomic E-state index is 6.63. The molecule has 15 aromatic rings. The molecule has 350 valence electrons. The Morgan fingerprint density at radius 3 is 1.36 bits per heavy atom. The predicted molar refractivity (Wildman–Crippen MR) is 307 cm³/mol. The van der Waals surface area contributed by atoms with E-state index < -0.39 is 0 Å². The molecule has 15 rings (SSSR count). The van der Waals surface area contributed by atoms with Crippen LogP contribution in [-0.2, 0) is 0 Å².